The number of amides is 2. The minimum Gasteiger partial charge on any atom is -0.365 e. The van der Waals surface area contributed by atoms with Crippen LogP contribution in [0.1, 0.15) is 56.9 Å². The van der Waals surface area contributed by atoms with Gasteiger partial charge in [0, 0.05) is 25.0 Å². The zero-order valence-corrected chi connectivity index (χ0v) is 15.9. The van der Waals surface area contributed by atoms with Crippen LogP contribution in [0.25, 0.3) is 0 Å². The number of allylic oxidation sites excluding steroid dienone is 2. The van der Waals surface area contributed by atoms with Gasteiger partial charge in [-0.1, -0.05) is 12.2 Å². The standard InChI is InChI=1S/C16H21N3O3.C4H8/c1-11-4-5-14(22-11)15(20)18-12-6-7-17-13(10-12)16(21)19-8-2-3-9-19;1-3-4-2/h6-7,10-11,14H,2-5,8-9H2,1H3,(H,17,18,20);3-4H,1-2H3/b;4-3-. The second-order valence-electron chi connectivity index (χ2n) is 6.60. The van der Waals surface area contributed by atoms with Crippen LogP contribution in [0.2, 0.25) is 0 Å². The number of hydrogen-bond donors (Lipinski definition) is 1. The number of nitrogens with zero attached hydrogens (tertiary/aromatic N) is 2. The molecule has 0 aromatic carbocycles. The molecule has 0 spiro atoms. The number of likely N-dealkylation sites (tertiary alicyclic amines) is 1. The first-order valence-corrected chi connectivity index (χ1v) is 9.34. The molecule has 2 saturated heterocycles. The Morgan fingerprint density at radius 1 is 1.23 bits per heavy atom. The van der Waals surface area contributed by atoms with Gasteiger partial charge in [0.25, 0.3) is 11.8 Å². The zero-order chi connectivity index (χ0) is 18.9. The Kier molecular flexibility index (Phi) is 7.78. The number of aromatic nitrogens is 1. The molecule has 1 aromatic heterocycles. The molecular formula is C20H29N3O3. The number of ether oxygens (including phenoxy) is 1. The SMILES string of the molecule is C/C=C\C.CC1CCC(C(=O)Nc2ccnc(C(=O)N3CCCC3)c2)O1. The van der Waals surface area contributed by atoms with E-state index in [4.69, 9.17) is 4.74 Å². The summed E-state index contributed by atoms with van der Waals surface area (Å²) in [6, 6.07) is 3.33. The van der Waals surface area contributed by atoms with Crippen molar-refractivity contribution in [1.29, 1.82) is 0 Å². The normalized spacial score (nSPS) is 22.2. The molecule has 0 aliphatic carbocycles. The van der Waals surface area contributed by atoms with Crippen LogP contribution < -0.4 is 5.32 Å². The van der Waals surface area contributed by atoms with E-state index in [2.05, 4.69) is 10.3 Å². The number of carbonyl (C=O) groups excluding carboxylic acids is 2. The average Bonchev–Trinajstić information content (AvgIpc) is 3.33. The summed E-state index contributed by atoms with van der Waals surface area (Å²) >= 11 is 0. The van der Waals surface area contributed by atoms with Crippen LogP contribution >= 0.6 is 0 Å². The van der Waals surface area contributed by atoms with Gasteiger partial charge in [-0.05, 0) is 58.6 Å². The molecule has 0 saturated carbocycles. The van der Waals surface area contributed by atoms with Gasteiger partial charge in [-0.2, -0.15) is 0 Å². The van der Waals surface area contributed by atoms with Gasteiger partial charge in [0.2, 0.25) is 0 Å². The Bertz CT molecular complexity index is 635. The first-order chi connectivity index (χ1) is 12.5. The Hall–Kier alpha value is -2.21. The lowest BCUT2D eigenvalue weighted by Crippen LogP contribution is -2.29. The second kappa shape index (κ2) is 10.1. The summed E-state index contributed by atoms with van der Waals surface area (Å²) in [6.45, 7) is 7.53. The van der Waals surface area contributed by atoms with Crippen LogP contribution in [0.3, 0.4) is 0 Å². The third-order valence-corrected chi connectivity index (χ3v) is 4.50. The van der Waals surface area contributed by atoms with Crippen molar-refractivity contribution in [3.63, 3.8) is 0 Å². The third-order valence-electron chi connectivity index (χ3n) is 4.50. The number of rotatable bonds is 3. The molecule has 1 N–H and O–H groups in total. The van der Waals surface area contributed by atoms with Gasteiger partial charge in [0.15, 0.2) is 0 Å². The van der Waals surface area contributed by atoms with Crippen molar-refractivity contribution in [3.8, 4) is 0 Å². The van der Waals surface area contributed by atoms with E-state index in [-0.39, 0.29) is 17.9 Å². The van der Waals surface area contributed by atoms with E-state index >= 15 is 0 Å². The van der Waals surface area contributed by atoms with Crippen LogP contribution in [0.5, 0.6) is 0 Å². The summed E-state index contributed by atoms with van der Waals surface area (Å²) in [5, 5.41) is 2.82. The maximum absolute atomic E-state index is 12.3. The number of anilines is 1. The van der Waals surface area contributed by atoms with Crippen molar-refractivity contribution in [3.05, 3.63) is 36.2 Å². The fourth-order valence-corrected chi connectivity index (χ4v) is 2.93. The van der Waals surface area contributed by atoms with Gasteiger partial charge < -0.3 is 15.0 Å². The molecule has 2 amide bonds. The average molecular weight is 359 g/mol. The maximum atomic E-state index is 12.3. The highest BCUT2D eigenvalue weighted by molar-refractivity contribution is 5.97. The van der Waals surface area contributed by atoms with Gasteiger partial charge in [-0.25, -0.2) is 0 Å². The van der Waals surface area contributed by atoms with Crippen molar-refractivity contribution >= 4 is 17.5 Å². The van der Waals surface area contributed by atoms with Gasteiger partial charge in [0.1, 0.15) is 11.8 Å². The molecule has 2 aliphatic rings. The zero-order valence-electron chi connectivity index (χ0n) is 15.9. The van der Waals surface area contributed by atoms with E-state index in [0.29, 0.717) is 11.4 Å². The van der Waals surface area contributed by atoms with Crippen molar-refractivity contribution in [2.45, 2.75) is 58.7 Å². The molecular weight excluding hydrogens is 330 g/mol. The molecule has 2 fully saturated rings. The second-order valence-corrected chi connectivity index (χ2v) is 6.60. The van der Waals surface area contributed by atoms with Crippen molar-refractivity contribution in [2.75, 3.05) is 18.4 Å². The Balaban J connectivity index is 0.000000552. The number of hydrogen-bond acceptors (Lipinski definition) is 4. The van der Waals surface area contributed by atoms with E-state index < -0.39 is 6.10 Å². The molecule has 3 heterocycles. The first kappa shape index (κ1) is 20.1. The predicted octanol–water partition coefficient (Wildman–Crippen LogP) is 3.41. The van der Waals surface area contributed by atoms with E-state index in [1.807, 2.05) is 32.9 Å². The highest BCUT2D eigenvalue weighted by atomic mass is 16.5. The third kappa shape index (κ3) is 5.66. The highest BCUT2D eigenvalue weighted by Crippen LogP contribution is 2.21. The Morgan fingerprint density at radius 2 is 1.92 bits per heavy atom. The lowest BCUT2D eigenvalue weighted by Gasteiger charge is -2.15. The Morgan fingerprint density at radius 3 is 2.50 bits per heavy atom. The minimum absolute atomic E-state index is 0.0701. The maximum Gasteiger partial charge on any atom is 0.272 e. The molecule has 3 rings (SSSR count). The molecule has 26 heavy (non-hydrogen) atoms. The summed E-state index contributed by atoms with van der Waals surface area (Å²) in [5.74, 6) is -0.227. The van der Waals surface area contributed by atoms with Crippen LogP contribution in [0, 0.1) is 0 Å². The van der Waals surface area contributed by atoms with E-state index in [9.17, 15) is 9.59 Å². The molecule has 2 atom stereocenters. The molecule has 1 aromatic rings. The van der Waals surface area contributed by atoms with Crippen molar-refractivity contribution < 1.29 is 14.3 Å². The fourth-order valence-electron chi connectivity index (χ4n) is 2.93. The summed E-state index contributed by atoms with van der Waals surface area (Å²) in [6.07, 6.45) is 8.99. The Labute approximate surface area is 155 Å². The van der Waals surface area contributed by atoms with Crippen molar-refractivity contribution in [2.24, 2.45) is 0 Å². The van der Waals surface area contributed by atoms with E-state index in [1.165, 1.54) is 0 Å². The van der Waals surface area contributed by atoms with Crippen LogP contribution in [0.4, 0.5) is 5.69 Å². The van der Waals surface area contributed by atoms with Gasteiger partial charge in [0.05, 0.1) is 6.10 Å². The molecule has 6 nitrogen and oxygen atoms in total. The smallest absolute Gasteiger partial charge is 0.272 e. The molecule has 0 bridgehead atoms. The fraction of sp³-hybridized carbons (Fsp3) is 0.550. The summed E-state index contributed by atoms with van der Waals surface area (Å²) in [7, 11) is 0. The summed E-state index contributed by atoms with van der Waals surface area (Å²) < 4.78 is 5.55. The first-order valence-electron chi connectivity index (χ1n) is 9.34. The number of nitrogens with one attached hydrogen (secondary N) is 1. The molecule has 2 unspecified atom stereocenters. The lowest BCUT2D eigenvalue weighted by molar-refractivity contribution is -0.126. The number of pyridine rings is 1. The minimum atomic E-state index is -0.402. The largest absolute Gasteiger partial charge is 0.365 e. The van der Waals surface area contributed by atoms with E-state index in [1.54, 1.807) is 23.2 Å². The van der Waals surface area contributed by atoms with Crippen molar-refractivity contribution in [1.82, 2.24) is 9.88 Å². The van der Waals surface area contributed by atoms with Gasteiger partial charge in [-0.3, -0.25) is 14.6 Å². The lowest BCUT2D eigenvalue weighted by atomic mass is 10.2. The molecule has 2 aliphatic heterocycles. The summed E-state index contributed by atoms with van der Waals surface area (Å²) in [5.41, 5.74) is 0.964. The highest BCUT2D eigenvalue weighted by Gasteiger charge is 2.28. The van der Waals surface area contributed by atoms with Gasteiger partial charge in [-0.15, -0.1) is 0 Å². The van der Waals surface area contributed by atoms with Gasteiger partial charge >= 0.3 is 0 Å². The monoisotopic (exact) mass is 359 g/mol. The predicted molar refractivity (Wildman–Crippen MR) is 102 cm³/mol. The quantitative estimate of drug-likeness (QED) is 0.840. The summed E-state index contributed by atoms with van der Waals surface area (Å²) in [4.78, 5) is 30.4. The topological polar surface area (TPSA) is 71.5 Å². The molecule has 6 heteroatoms. The van der Waals surface area contributed by atoms with E-state index in [0.717, 1.165) is 38.8 Å². The van der Waals surface area contributed by atoms with Crippen LogP contribution in [0.15, 0.2) is 30.5 Å². The van der Waals surface area contributed by atoms with Crippen LogP contribution in [-0.2, 0) is 9.53 Å². The molecule has 0 radical (unpaired) electrons. The molecule has 142 valence electrons. The number of carbonyl (C=O) groups is 2. The van der Waals surface area contributed by atoms with Crippen LogP contribution in [-0.4, -0.2) is 47.0 Å².